The number of aromatic nitrogens is 3. The number of nitrogens with zero attached hydrogens (tertiary/aromatic N) is 3. The number of hydrogen-bond donors (Lipinski definition) is 2. The molecule has 20 heavy (non-hydrogen) atoms. The molecule has 0 saturated heterocycles. The van der Waals surface area contributed by atoms with Crippen molar-refractivity contribution in [3.05, 3.63) is 36.2 Å². The van der Waals surface area contributed by atoms with E-state index < -0.39 is 10.0 Å². The molecular weight excluding hydrogens is 298 g/mol. The summed E-state index contributed by atoms with van der Waals surface area (Å²) in [5.41, 5.74) is 6.29. The number of thiocarbonyl (C=S) groups is 1. The SMILES string of the molecule is Cn1ncnc1NS(=O)(=O)c1ccc(CC(N)=S)cc1. The van der Waals surface area contributed by atoms with Gasteiger partial charge in [0.2, 0.25) is 5.95 Å². The highest BCUT2D eigenvalue weighted by Crippen LogP contribution is 2.14. The third kappa shape index (κ3) is 3.31. The Kier molecular flexibility index (Phi) is 4.00. The second-order valence-corrected chi connectivity index (χ2v) is 6.31. The van der Waals surface area contributed by atoms with Gasteiger partial charge in [0.1, 0.15) is 6.33 Å². The lowest BCUT2D eigenvalue weighted by Gasteiger charge is -2.07. The standard InChI is InChI=1S/C11H13N5O2S2/c1-16-11(13-7-14-16)15-20(17,18)9-4-2-8(3-5-9)6-10(12)19/h2-5,7H,6H2,1H3,(H2,12,19)(H,13,14,15). The molecule has 2 aromatic rings. The molecule has 0 spiro atoms. The van der Waals surface area contributed by atoms with Crippen LogP contribution in [0.2, 0.25) is 0 Å². The van der Waals surface area contributed by atoms with Crippen LogP contribution in [-0.2, 0) is 23.5 Å². The Balaban J connectivity index is 2.22. The van der Waals surface area contributed by atoms with Crippen molar-refractivity contribution in [3.63, 3.8) is 0 Å². The third-order valence-electron chi connectivity index (χ3n) is 2.55. The summed E-state index contributed by atoms with van der Waals surface area (Å²) in [6.45, 7) is 0. The van der Waals surface area contributed by atoms with Crippen LogP contribution in [0.1, 0.15) is 5.56 Å². The average Bonchev–Trinajstić information content (AvgIpc) is 2.74. The van der Waals surface area contributed by atoms with Gasteiger partial charge in [-0.15, -0.1) is 0 Å². The van der Waals surface area contributed by atoms with Crippen LogP contribution in [-0.4, -0.2) is 28.2 Å². The molecule has 1 aromatic heterocycles. The van der Waals surface area contributed by atoms with Gasteiger partial charge in [-0.1, -0.05) is 24.4 Å². The zero-order valence-corrected chi connectivity index (χ0v) is 12.3. The van der Waals surface area contributed by atoms with Crippen LogP contribution in [0.15, 0.2) is 35.5 Å². The Morgan fingerprint density at radius 2 is 2.05 bits per heavy atom. The number of nitrogens with two attached hydrogens (primary N) is 1. The van der Waals surface area contributed by atoms with Crippen LogP contribution < -0.4 is 10.5 Å². The molecule has 0 amide bonds. The molecule has 0 bridgehead atoms. The molecule has 0 fully saturated rings. The van der Waals surface area contributed by atoms with Crippen LogP contribution in [0.3, 0.4) is 0 Å². The number of nitrogens with one attached hydrogen (secondary N) is 1. The molecule has 2 rings (SSSR count). The highest BCUT2D eigenvalue weighted by Gasteiger charge is 2.16. The van der Waals surface area contributed by atoms with Gasteiger partial charge in [-0.2, -0.15) is 10.1 Å². The van der Waals surface area contributed by atoms with Crippen molar-refractivity contribution in [2.45, 2.75) is 11.3 Å². The number of sulfonamides is 1. The number of anilines is 1. The van der Waals surface area contributed by atoms with Gasteiger partial charge >= 0.3 is 0 Å². The highest BCUT2D eigenvalue weighted by molar-refractivity contribution is 7.92. The van der Waals surface area contributed by atoms with Gasteiger partial charge in [-0.25, -0.2) is 17.8 Å². The normalized spacial score (nSPS) is 11.2. The second-order valence-electron chi connectivity index (χ2n) is 4.10. The summed E-state index contributed by atoms with van der Waals surface area (Å²) in [5.74, 6) is 0.150. The molecular formula is C11H13N5O2S2. The molecule has 1 heterocycles. The summed E-state index contributed by atoms with van der Waals surface area (Å²) in [7, 11) is -2.09. The Morgan fingerprint density at radius 3 is 2.55 bits per heavy atom. The van der Waals surface area contributed by atoms with Gasteiger partial charge in [0.25, 0.3) is 10.0 Å². The largest absolute Gasteiger partial charge is 0.393 e. The zero-order chi connectivity index (χ0) is 14.8. The first kappa shape index (κ1) is 14.4. The second kappa shape index (κ2) is 5.55. The molecule has 106 valence electrons. The quantitative estimate of drug-likeness (QED) is 0.777. The summed E-state index contributed by atoms with van der Waals surface area (Å²) < 4.78 is 28.0. The molecule has 0 aliphatic carbocycles. The topological polar surface area (TPSA) is 103 Å². The van der Waals surface area contributed by atoms with E-state index in [-0.39, 0.29) is 10.8 Å². The van der Waals surface area contributed by atoms with Crippen molar-refractivity contribution in [2.24, 2.45) is 12.8 Å². The average molecular weight is 311 g/mol. The van der Waals surface area contributed by atoms with Crippen LogP contribution in [0, 0.1) is 0 Å². The first-order valence-electron chi connectivity index (χ1n) is 5.62. The number of aryl methyl sites for hydroxylation is 1. The van der Waals surface area contributed by atoms with E-state index in [1.54, 1.807) is 19.2 Å². The van der Waals surface area contributed by atoms with Crippen molar-refractivity contribution < 1.29 is 8.42 Å². The fourth-order valence-electron chi connectivity index (χ4n) is 1.56. The van der Waals surface area contributed by atoms with Gasteiger partial charge in [0, 0.05) is 13.5 Å². The molecule has 0 aliphatic heterocycles. The molecule has 0 unspecified atom stereocenters. The number of benzene rings is 1. The predicted molar refractivity (Wildman–Crippen MR) is 78.7 cm³/mol. The monoisotopic (exact) mass is 311 g/mol. The molecule has 0 radical (unpaired) electrons. The lowest BCUT2D eigenvalue weighted by Crippen LogP contribution is -2.16. The van der Waals surface area contributed by atoms with E-state index in [1.165, 1.54) is 23.1 Å². The maximum absolute atomic E-state index is 12.1. The predicted octanol–water partition coefficient (Wildman–Crippen LogP) is 0.444. The van der Waals surface area contributed by atoms with E-state index in [4.69, 9.17) is 18.0 Å². The van der Waals surface area contributed by atoms with Crippen molar-refractivity contribution in [3.8, 4) is 0 Å². The minimum absolute atomic E-state index is 0.132. The van der Waals surface area contributed by atoms with Crippen LogP contribution in [0.5, 0.6) is 0 Å². The first-order valence-corrected chi connectivity index (χ1v) is 7.52. The van der Waals surface area contributed by atoms with Gasteiger partial charge < -0.3 is 5.73 Å². The number of hydrogen-bond acceptors (Lipinski definition) is 5. The smallest absolute Gasteiger partial charge is 0.264 e. The molecule has 0 atom stereocenters. The Bertz CT molecular complexity index is 722. The lowest BCUT2D eigenvalue weighted by molar-refractivity contribution is 0.600. The maximum atomic E-state index is 12.1. The van der Waals surface area contributed by atoms with Crippen molar-refractivity contribution in [2.75, 3.05) is 4.72 Å². The molecule has 1 aromatic carbocycles. The number of rotatable bonds is 5. The molecule has 0 saturated carbocycles. The molecule has 0 aliphatic rings. The third-order valence-corrected chi connectivity index (χ3v) is 4.04. The summed E-state index contributed by atoms with van der Waals surface area (Å²) in [4.78, 5) is 4.30. The zero-order valence-electron chi connectivity index (χ0n) is 10.6. The van der Waals surface area contributed by atoms with Crippen LogP contribution in [0.4, 0.5) is 5.95 Å². The summed E-state index contributed by atoms with van der Waals surface area (Å²) >= 11 is 4.80. The minimum Gasteiger partial charge on any atom is -0.393 e. The van der Waals surface area contributed by atoms with Crippen molar-refractivity contribution in [1.82, 2.24) is 14.8 Å². The lowest BCUT2D eigenvalue weighted by atomic mass is 10.1. The minimum atomic E-state index is -3.69. The van der Waals surface area contributed by atoms with Gasteiger partial charge in [-0.05, 0) is 17.7 Å². The van der Waals surface area contributed by atoms with Crippen LogP contribution >= 0.6 is 12.2 Å². The molecule has 9 heteroatoms. The van der Waals surface area contributed by atoms with Crippen molar-refractivity contribution in [1.29, 1.82) is 0 Å². The van der Waals surface area contributed by atoms with E-state index in [0.717, 1.165) is 5.56 Å². The fraction of sp³-hybridized carbons (Fsp3) is 0.182. The maximum Gasteiger partial charge on any atom is 0.264 e. The van der Waals surface area contributed by atoms with Crippen LogP contribution in [0.25, 0.3) is 0 Å². The van der Waals surface area contributed by atoms with Gasteiger partial charge in [0.15, 0.2) is 0 Å². The van der Waals surface area contributed by atoms with E-state index in [9.17, 15) is 8.42 Å². The molecule has 3 N–H and O–H groups in total. The summed E-state index contributed by atoms with van der Waals surface area (Å²) in [6, 6.07) is 6.33. The Morgan fingerprint density at radius 1 is 1.40 bits per heavy atom. The van der Waals surface area contributed by atoms with E-state index in [1.807, 2.05) is 0 Å². The fourth-order valence-corrected chi connectivity index (χ4v) is 2.76. The Hall–Kier alpha value is -2.00. The van der Waals surface area contributed by atoms with Gasteiger partial charge in [-0.3, -0.25) is 0 Å². The van der Waals surface area contributed by atoms with Crippen molar-refractivity contribution >= 4 is 33.2 Å². The van der Waals surface area contributed by atoms with E-state index >= 15 is 0 Å². The van der Waals surface area contributed by atoms with Gasteiger partial charge in [0.05, 0.1) is 9.88 Å². The highest BCUT2D eigenvalue weighted by atomic mass is 32.2. The van der Waals surface area contributed by atoms with E-state index in [2.05, 4.69) is 14.8 Å². The van der Waals surface area contributed by atoms with E-state index in [0.29, 0.717) is 11.4 Å². The Labute approximate surface area is 121 Å². The first-order chi connectivity index (χ1) is 9.38. The summed E-state index contributed by atoms with van der Waals surface area (Å²) in [6.07, 6.45) is 1.70. The molecule has 7 nitrogen and oxygen atoms in total. The summed E-state index contributed by atoms with van der Waals surface area (Å²) in [5, 5.41) is 3.79.